The third-order valence-electron chi connectivity index (χ3n) is 2.03. The molecule has 0 spiro atoms. The molecule has 7 heteroatoms. The molecule has 0 aliphatic carbocycles. The van der Waals surface area contributed by atoms with E-state index in [4.69, 9.17) is 9.84 Å². The van der Waals surface area contributed by atoms with Crippen LogP contribution in [0.15, 0.2) is 0 Å². The van der Waals surface area contributed by atoms with E-state index in [9.17, 15) is 9.59 Å². The quantitative estimate of drug-likeness (QED) is 0.815. The number of carbonyl (C=O) groups is 2. The summed E-state index contributed by atoms with van der Waals surface area (Å²) in [4.78, 5) is 26.9. The lowest BCUT2D eigenvalue weighted by Crippen LogP contribution is -2.38. The van der Waals surface area contributed by atoms with Gasteiger partial charge >= 0.3 is 5.97 Å². The lowest BCUT2D eigenvalue weighted by atomic mass is 10.3. The molecule has 0 bridgehead atoms. The molecule has 0 fully saturated rings. The number of amides is 1. The highest BCUT2D eigenvalue weighted by Gasteiger charge is 2.19. The van der Waals surface area contributed by atoms with Crippen LogP contribution in [0, 0.1) is 6.92 Å². The number of methoxy groups -OCH3 is 1. The predicted octanol–water partition coefficient (Wildman–Crippen LogP) is 0.801. The van der Waals surface area contributed by atoms with E-state index in [1.54, 1.807) is 14.0 Å². The minimum absolute atomic E-state index is 0.341. The Labute approximate surface area is 103 Å². The summed E-state index contributed by atoms with van der Waals surface area (Å²) in [5, 5.41) is 11.8. The number of nitrogens with zero attached hydrogens (tertiary/aromatic N) is 1. The van der Waals surface area contributed by atoms with Crippen molar-refractivity contribution >= 4 is 23.2 Å². The van der Waals surface area contributed by atoms with Crippen molar-refractivity contribution in [1.82, 2.24) is 10.3 Å². The van der Waals surface area contributed by atoms with Gasteiger partial charge in [0, 0.05) is 7.11 Å². The Hall–Kier alpha value is -1.47. The summed E-state index contributed by atoms with van der Waals surface area (Å²) in [5.74, 6) is -1.49. The summed E-state index contributed by atoms with van der Waals surface area (Å²) in [6, 6.07) is -0.921. The second kappa shape index (κ2) is 5.74. The minimum atomic E-state index is -1.07. The van der Waals surface area contributed by atoms with E-state index >= 15 is 0 Å². The molecule has 0 saturated carbocycles. The van der Waals surface area contributed by atoms with Crippen molar-refractivity contribution < 1.29 is 19.4 Å². The van der Waals surface area contributed by atoms with Crippen LogP contribution in [0.4, 0.5) is 0 Å². The zero-order chi connectivity index (χ0) is 13.0. The molecule has 0 radical (unpaired) electrons. The van der Waals surface area contributed by atoms with Crippen LogP contribution >= 0.6 is 11.3 Å². The number of aryl methyl sites for hydroxylation is 1. The Bertz CT molecular complexity index is 430. The van der Waals surface area contributed by atoms with Gasteiger partial charge in [-0.2, -0.15) is 0 Å². The van der Waals surface area contributed by atoms with E-state index in [1.807, 2.05) is 0 Å². The molecule has 1 amide bonds. The standard InChI is InChI=1S/C10H14N2O4S/c1-5-8(17-7(11-5)4-16-3)9(13)12-6(2)10(14)15/h6H,4H2,1-3H3,(H,12,13)(H,14,15)/t6-/m1/s1. The van der Waals surface area contributed by atoms with E-state index < -0.39 is 17.9 Å². The molecule has 1 rings (SSSR count). The smallest absolute Gasteiger partial charge is 0.325 e. The largest absolute Gasteiger partial charge is 0.480 e. The summed E-state index contributed by atoms with van der Waals surface area (Å²) >= 11 is 1.20. The Morgan fingerprint density at radius 3 is 2.76 bits per heavy atom. The molecule has 0 unspecified atom stereocenters. The number of hydrogen-bond donors (Lipinski definition) is 2. The van der Waals surface area contributed by atoms with Gasteiger partial charge < -0.3 is 15.2 Å². The van der Waals surface area contributed by atoms with Crippen molar-refractivity contribution in [2.75, 3.05) is 7.11 Å². The SMILES string of the molecule is COCc1nc(C)c(C(=O)N[C@H](C)C(=O)O)s1. The Morgan fingerprint density at radius 1 is 1.59 bits per heavy atom. The zero-order valence-corrected chi connectivity index (χ0v) is 10.6. The summed E-state index contributed by atoms with van der Waals surface area (Å²) in [5.41, 5.74) is 0.581. The first-order chi connectivity index (χ1) is 7.95. The van der Waals surface area contributed by atoms with Crippen molar-refractivity contribution in [2.24, 2.45) is 0 Å². The molecule has 2 N–H and O–H groups in total. The van der Waals surface area contributed by atoms with Crippen LogP contribution in [-0.2, 0) is 16.1 Å². The number of aliphatic carboxylic acids is 1. The minimum Gasteiger partial charge on any atom is -0.480 e. The van der Waals surface area contributed by atoms with Crippen LogP contribution in [0.25, 0.3) is 0 Å². The molecule has 17 heavy (non-hydrogen) atoms. The highest BCUT2D eigenvalue weighted by molar-refractivity contribution is 7.13. The number of carboxylic acid groups (broad SMARTS) is 1. The monoisotopic (exact) mass is 258 g/mol. The van der Waals surface area contributed by atoms with Crippen LogP contribution in [0.2, 0.25) is 0 Å². The molecule has 94 valence electrons. The maximum absolute atomic E-state index is 11.8. The molecular formula is C10H14N2O4S. The van der Waals surface area contributed by atoms with Gasteiger partial charge in [-0.25, -0.2) is 4.98 Å². The molecular weight excluding hydrogens is 244 g/mol. The van der Waals surface area contributed by atoms with Crippen molar-refractivity contribution in [3.8, 4) is 0 Å². The Morgan fingerprint density at radius 2 is 2.24 bits per heavy atom. The van der Waals surface area contributed by atoms with Crippen molar-refractivity contribution in [2.45, 2.75) is 26.5 Å². The first-order valence-electron chi connectivity index (χ1n) is 4.94. The van der Waals surface area contributed by atoms with Gasteiger partial charge in [0.1, 0.15) is 15.9 Å². The van der Waals surface area contributed by atoms with Gasteiger partial charge in [0.2, 0.25) is 0 Å². The van der Waals surface area contributed by atoms with Crippen LogP contribution in [-0.4, -0.2) is 35.1 Å². The number of ether oxygens (including phenoxy) is 1. The van der Waals surface area contributed by atoms with Crippen molar-refractivity contribution in [1.29, 1.82) is 0 Å². The predicted molar refractivity (Wildman–Crippen MR) is 62.1 cm³/mol. The topological polar surface area (TPSA) is 88.5 Å². The van der Waals surface area contributed by atoms with Crippen LogP contribution in [0.5, 0.6) is 0 Å². The van der Waals surface area contributed by atoms with Crippen LogP contribution < -0.4 is 5.32 Å². The fraction of sp³-hybridized carbons (Fsp3) is 0.500. The van der Waals surface area contributed by atoms with E-state index in [-0.39, 0.29) is 0 Å². The van der Waals surface area contributed by atoms with Gasteiger partial charge in [0.15, 0.2) is 0 Å². The van der Waals surface area contributed by atoms with E-state index in [0.717, 1.165) is 0 Å². The van der Waals surface area contributed by atoms with Crippen molar-refractivity contribution in [3.05, 3.63) is 15.6 Å². The van der Waals surface area contributed by atoms with Gasteiger partial charge in [-0.05, 0) is 13.8 Å². The molecule has 0 aliphatic heterocycles. The molecule has 6 nitrogen and oxygen atoms in total. The summed E-state index contributed by atoms with van der Waals surface area (Å²) in [6.07, 6.45) is 0. The first kappa shape index (κ1) is 13.6. The fourth-order valence-corrected chi connectivity index (χ4v) is 2.11. The van der Waals surface area contributed by atoms with E-state index in [2.05, 4.69) is 10.3 Å². The maximum atomic E-state index is 11.8. The number of hydrogen-bond acceptors (Lipinski definition) is 5. The molecule has 1 aromatic rings. The molecule has 0 aromatic carbocycles. The normalized spacial score (nSPS) is 12.2. The van der Waals surface area contributed by atoms with Gasteiger partial charge in [-0.15, -0.1) is 11.3 Å². The van der Waals surface area contributed by atoms with Crippen LogP contribution in [0.1, 0.15) is 27.3 Å². The second-order valence-corrected chi connectivity index (χ2v) is 4.57. The second-order valence-electron chi connectivity index (χ2n) is 3.49. The van der Waals surface area contributed by atoms with Gasteiger partial charge in [0.25, 0.3) is 5.91 Å². The number of carboxylic acids is 1. The molecule has 1 aromatic heterocycles. The number of nitrogens with one attached hydrogen (secondary N) is 1. The van der Waals surface area contributed by atoms with Gasteiger partial charge in [-0.3, -0.25) is 9.59 Å². The summed E-state index contributed by atoms with van der Waals surface area (Å²) in [7, 11) is 1.54. The van der Waals surface area contributed by atoms with Gasteiger partial charge in [-0.1, -0.05) is 0 Å². The molecule has 1 atom stereocenters. The van der Waals surface area contributed by atoms with E-state index in [1.165, 1.54) is 18.3 Å². The Kier molecular flexibility index (Phi) is 4.59. The molecule has 1 heterocycles. The number of aromatic nitrogens is 1. The third-order valence-corrected chi connectivity index (χ3v) is 3.16. The highest BCUT2D eigenvalue weighted by atomic mass is 32.1. The lowest BCUT2D eigenvalue weighted by molar-refractivity contribution is -0.138. The zero-order valence-electron chi connectivity index (χ0n) is 9.81. The fourth-order valence-electron chi connectivity index (χ4n) is 1.17. The van der Waals surface area contributed by atoms with Crippen molar-refractivity contribution in [3.63, 3.8) is 0 Å². The van der Waals surface area contributed by atoms with E-state index in [0.29, 0.717) is 22.2 Å². The van der Waals surface area contributed by atoms with Gasteiger partial charge in [0.05, 0.1) is 12.3 Å². The molecule has 0 saturated heterocycles. The lowest BCUT2D eigenvalue weighted by Gasteiger charge is -2.07. The summed E-state index contributed by atoms with van der Waals surface area (Å²) < 4.78 is 4.92. The first-order valence-corrected chi connectivity index (χ1v) is 5.76. The Balaban J connectivity index is 2.78. The van der Waals surface area contributed by atoms with Crippen LogP contribution in [0.3, 0.4) is 0 Å². The average molecular weight is 258 g/mol. The summed E-state index contributed by atoms with van der Waals surface area (Å²) in [6.45, 7) is 3.45. The maximum Gasteiger partial charge on any atom is 0.325 e. The third kappa shape index (κ3) is 3.50. The number of rotatable bonds is 5. The highest BCUT2D eigenvalue weighted by Crippen LogP contribution is 2.18. The number of thiazole rings is 1. The average Bonchev–Trinajstić information content (AvgIpc) is 2.59. The number of carbonyl (C=O) groups excluding carboxylic acids is 1. The molecule has 0 aliphatic rings.